The third-order valence-corrected chi connectivity index (χ3v) is 3.67. The summed E-state index contributed by atoms with van der Waals surface area (Å²) in [6, 6.07) is 15.9. The summed E-state index contributed by atoms with van der Waals surface area (Å²) in [4.78, 5) is 0. The molecule has 2 aromatic rings. The molecule has 1 N–H and O–H groups in total. The van der Waals surface area contributed by atoms with Crippen LogP contribution in [-0.2, 0) is 12.8 Å². The van der Waals surface area contributed by atoms with E-state index in [0.717, 1.165) is 25.8 Å². The molecule has 0 aliphatic rings. The first kappa shape index (κ1) is 15.7. The van der Waals surface area contributed by atoms with Gasteiger partial charge in [0, 0.05) is 6.04 Å². The summed E-state index contributed by atoms with van der Waals surface area (Å²) in [6.07, 6.45) is 3.12. The molecule has 2 heteroatoms. The van der Waals surface area contributed by atoms with Gasteiger partial charge in [0.1, 0.15) is 5.82 Å². The van der Waals surface area contributed by atoms with Gasteiger partial charge in [0.15, 0.2) is 0 Å². The highest BCUT2D eigenvalue weighted by Gasteiger charge is 2.03. The van der Waals surface area contributed by atoms with Gasteiger partial charge in [0.25, 0.3) is 0 Å². The Bertz CT molecular complexity index is 548. The van der Waals surface area contributed by atoms with Crippen molar-refractivity contribution in [1.82, 2.24) is 5.32 Å². The van der Waals surface area contributed by atoms with Gasteiger partial charge >= 0.3 is 0 Å². The van der Waals surface area contributed by atoms with E-state index >= 15 is 0 Å². The van der Waals surface area contributed by atoms with E-state index in [1.54, 1.807) is 0 Å². The molecule has 0 aromatic heterocycles. The molecule has 0 heterocycles. The topological polar surface area (TPSA) is 12.0 Å². The second kappa shape index (κ2) is 7.94. The zero-order valence-electron chi connectivity index (χ0n) is 12.9. The average Bonchev–Trinajstić information content (AvgIpc) is 2.45. The minimum absolute atomic E-state index is 0.163. The van der Waals surface area contributed by atoms with Crippen molar-refractivity contribution in [3.05, 3.63) is 71.0 Å². The highest BCUT2D eigenvalue weighted by Crippen LogP contribution is 2.08. The van der Waals surface area contributed by atoms with E-state index in [1.807, 2.05) is 12.1 Å². The maximum absolute atomic E-state index is 12.8. The summed E-state index contributed by atoms with van der Waals surface area (Å²) in [7, 11) is 0. The maximum atomic E-state index is 12.8. The van der Waals surface area contributed by atoms with E-state index in [4.69, 9.17) is 0 Å². The van der Waals surface area contributed by atoms with Gasteiger partial charge in [0.05, 0.1) is 0 Å². The standard InChI is InChI=1S/C19H24FN/c1-15-5-3-6-18(13-15)14-16(2)21-12-4-7-17-8-10-19(20)11-9-17/h3,5-6,8-11,13,16,21H,4,7,12,14H2,1-2H3. The van der Waals surface area contributed by atoms with Crippen LogP contribution in [0.15, 0.2) is 48.5 Å². The lowest BCUT2D eigenvalue weighted by atomic mass is 10.0. The lowest BCUT2D eigenvalue weighted by molar-refractivity contribution is 0.534. The number of aryl methyl sites for hydroxylation is 2. The van der Waals surface area contributed by atoms with Gasteiger partial charge < -0.3 is 5.32 Å². The highest BCUT2D eigenvalue weighted by molar-refractivity contribution is 5.22. The van der Waals surface area contributed by atoms with Crippen LogP contribution >= 0.6 is 0 Å². The Labute approximate surface area is 127 Å². The first-order valence-corrected chi connectivity index (χ1v) is 7.67. The van der Waals surface area contributed by atoms with Gasteiger partial charge in [-0.2, -0.15) is 0 Å². The van der Waals surface area contributed by atoms with Crippen LogP contribution in [0.4, 0.5) is 4.39 Å². The molecular formula is C19H24FN. The largest absolute Gasteiger partial charge is 0.314 e. The Morgan fingerprint density at radius 1 is 1.05 bits per heavy atom. The predicted molar refractivity (Wildman–Crippen MR) is 87.1 cm³/mol. The van der Waals surface area contributed by atoms with E-state index in [9.17, 15) is 4.39 Å². The fourth-order valence-corrected chi connectivity index (χ4v) is 2.56. The van der Waals surface area contributed by atoms with Gasteiger partial charge in [-0.15, -0.1) is 0 Å². The Hall–Kier alpha value is -1.67. The smallest absolute Gasteiger partial charge is 0.123 e. The second-order valence-corrected chi connectivity index (χ2v) is 5.78. The van der Waals surface area contributed by atoms with Crippen LogP contribution in [0.3, 0.4) is 0 Å². The van der Waals surface area contributed by atoms with Crippen LogP contribution in [0.5, 0.6) is 0 Å². The third kappa shape index (κ3) is 5.68. The van der Waals surface area contributed by atoms with Crippen molar-refractivity contribution in [1.29, 1.82) is 0 Å². The maximum Gasteiger partial charge on any atom is 0.123 e. The van der Waals surface area contributed by atoms with Crippen molar-refractivity contribution in [3.8, 4) is 0 Å². The van der Waals surface area contributed by atoms with Gasteiger partial charge in [-0.1, -0.05) is 42.0 Å². The summed E-state index contributed by atoms with van der Waals surface area (Å²) in [6.45, 7) is 5.34. The lowest BCUT2D eigenvalue weighted by Gasteiger charge is -2.14. The molecule has 1 atom stereocenters. The molecule has 2 aromatic carbocycles. The molecule has 0 amide bonds. The molecule has 0 bridgehead atoms. The van der Waals surface area contributed by atoms with E-state index < -0.39 is 0 Å². The number of benzene rings is 2. The second-order valence-electron chi connectivity index (χ2n) is 5.78. The van der Waals surface area contributed by atoms with Crippen molar-refractivity contribution >= 4 is 0 Å². The van der Waals surface area contributed by atoms with Gasteiger partial charge in [-0.3, -0.25) is 0 Å². The fourth-order valence-electron chi connectivity index (χ4n) is 2.56. The number of hydrogen-bond acceptors (Lipinski definition) is 1. The third-order valence-electron chi connectivity index (χ3n) is 3.67. The molecule has 1 nitrogen and oxygen atoms in total. The van der Waals surface area contributed by atoms with Crippen LogP contribution in [0, 0.1) is 12.7 Å². The Morgan fingerprint density at radius 3 is 2.52 bits per heavy atom. The molecule has 0 aliphatic carbocycles. The van der Waals surface area contributed by atoms with Crippen molar-refractivity contribution in [2.75, 3.05) is 6.54 Å². The van der Waals surface area contributed by atoms with Crippen LogP contribution in [0.2, 0.25) is 0 Å². The average molecular weight is 285 g/mol. The Kier molecular flexibility index (Phi) is 5.94. The highest BCUT2D eigenvalue weighted by atomic mass is 19.1. The number of hydrogen-bond donors (Lipinski definition) is 1. The van der Waals surface area contributed by atoms with Crippen molar-refractivity contribution in [2.45, 2.75) is 39.2 Å². The summed E-state index contributed by atoms with van der Waals surface area (Å²) in [5, 5.41) is 3.56. The molecule has 0 aliphatic heterocycles. The first-order chi connectivity index (χ1) is 10.1. The molecule has 21 heavy (non-hydrogen) atoms. The van der Waals surface area contributed by atoms with E-state index in [0.29, 0.717) is 6.04 Å². The molecule has 0 saturated carbocycles. The number of nitrogens with one attached hydrogen (secondary N) is 1. The van der Waals surface area contributed by atoms with Crippen LogP contribution in [0.25, 0.3) is 0 Å². The molecule has 0 saturated heterocycles. The minimum Gasteiger partial charge on any atom is -0.314 e. The van der Waals surface area contributed by atoms with Crippen molar-refractivity contribution in [2.24, 2.45) is 0 Å². The molecule has 112 valence electrons. The van der Waals surface area contributed by atoms with Crippen LogP contribution in [-0.4, -0.2) is 12.6 Å². The van der Waals surface area contributed by atoms with Crippen molar-refractivity contribution < 1.29 is 4.39 Å². The van der Waals surface area contributed by atoms with Crippen molar-refractivity contribution in [3.63, 3.8) is 0 Å². The monoisotopic (exact) mass is 285 g/mol. The zero-order valence-corrected chi connectivity index (χ0v) is 12.9. The first-order valence-electron chi connectivity index (χ1n) is 7.67. The summed E-state index contributed by atoms with van der Waals surface area (Å²) < 4.78 is 12.8. The Morgan fingerprint density at radius 2 is 1.81 bits per heavy atom. The quantitative estimate of drug-likeness (QED) is 0.748. The summed E-state index contributed by atoms with van der Waals surface area (Å²) in [5.74, 6) is -0.163. The van der Waals surface area contributed by atoms with E-state index in [-0.39, 0.29) is 5.82 Å². The summed E-state index contributed by atoms with van der Waals surface area (Å²) in [5.41, 5.74) is 3.90. The van der Waals surface area contributed by atoms with E-state index in [2.05, 4.69) is 43.4 Å². The molecule has 1 unspecified atom stereocenters. The SMILES string of the molecule is Cc1cccc(CC(C)NCCCc2ccc(F)cc2)c1. The molecule has 0 fully saturated rings. The Balaban J connectivity index is 1.67. The molecular weight excluding hydrogens is 261 g/mol. The zero-order chi connectivity index (χ0) is 15.1. The normalized spacial score (nSPS) is 12.3. The van der Waals surface area contributed by atoms with Crippen LogP contribution < -0.4 is 5.32 Å². The molecule has 2 rings (SSSR count). The van der Waals surface area contributed by atoms with Gasteiger partial charge in [-0.25, -0.2) is 4.39 Å². The van der Waals surface area contributed by atoms with Gasteiger partial charge in [0.2, 0.25) is 0 Å². The fraction of sp³-hybridized carbons (Fsp3) is 0.368. The summed E-state index contributed by atoms with van der Waals surface area (Å²) >= 11 is 0. The van der Waals surface area contributed by atoms with Gasteiger partial charge in [-0.05, 0) is 62.9 Å². The number of rotatable bonds is 7. The lowest BCUT2D eigenvalue weighted by Crippen LogP contribution is -2.29. The molecule has 0 spiro atoms. The minimum atomic E-state index is -0.163. The van der Waals surface area contributed by atoms with Crippen LogP contribution in [0.1, 0.15) is 30.0 Å². The van der Waals surface area contributed by atoms with E-state index in [1.165, 1.54) is 28.8 Å². The number of halogens is 1. The molecule has 0 radical (unpaired) electrons. The predicted octanol–water partition coefficient (Wildman–Crippen LogP) is 4.29.